The van der Waals surface area contributed by atoms with Crippen LogP contribution in [0.2, 0.25) is 0 Å². The van der Waals surface area contributed by atoms with Gasteiger partial charge < -0.3 is 45.0 Å². The van der Waals surface area contributed by atoms with E-state index in [0.29, 0.717) is 16.8 Å². The molecule has 2 saturated heterocycles. The summed E-state index contributed by atoms with van der Waals surface area (Å²) in [6.45, 7) is 18.0. The average Bonchev–Trinajstić information content (AvgIpc) is 3.08. The molecule has 0 saturated carbocycles. The lowest BCUT2D eigenvalue weighted by molar-refractivity contribution is -0.306. The zero-order valence-electron chi connectivity index (χ0n) is 29.9. The van der Waals surface area contributed by atoms with Crippen molar-refractivity contribution in [2.24, 2.45) is 5.92 Å². The third kappa shape index (κ3) is 11.9. The Balaban J connectivity index is 0.000000672. The van der Waals surface area contributed by atoms with Crippen LogP contribution in [-0.4, -0.2) is 79.3 Å². The Morgan fingerprint density at radius 3 is 2.08 bits per heavy atom. The number of β-lactam (4-membered cyclic amide) rings is 1. The highest BCUT2D eigenvalue weighted by Gasteiger charge is 2.51. The van der Waals surface area contributed by atoms with E-state index in [-0.39, 0.29) is 30.3 Å². The molecule has 282 valence electrons. The lowest BCUT2D eigenvalue weighted by Crippen LogP contribution is -2.62. The van der Waals surface area contributed by atoms with E-state index < -0.39 is 60.6 Å². The van der Waals surface area contributed by atoms with Crippen molar-refractivity contribution in [1.29, 1.82) is 0 Å². The second-order valence-electron chi connectivity index (χ2n) is 12.4. The largest absolute Gasteiger partial charge is 0.512 e. The maximum absolute atomic E-state index is 13.7. The number of carboxylic acid groups (broad SMARTS) is 1. The molecule has 2 heterocycles. The van der Waals surface area contributed by atoms with Crippen molar-refractivity contribution in [3.05, 3.63) is 139 Å². The molecule has 11 nitrogen and oxygen atoms in total. The van der Waals surface area contributed by atoms with Gasteiger partial charge in [0.2, 0.25) is 5.91 Å². The number of hydrogen-bond acceptors (Lipinski definition) is 9. The van der Waals surface area contributed by atoms with Gasteiger partial charge in [0.1, 0.15) is 29.9 Å². The lowest BCUT2D eigenvalue weighted by atomic mass is 9.77. The van der Waals surface area contributed by atoms with E-state index in [0.717, 1.165) is 0 Å². The van der Waals surface area contributed by atoms with Crippen molar-refractivity contribution in [3.8, 4) is 0 Å². The Morgan fingerprint density at radius 2 is 1.58 bits per heavy atom. The summed E-state index contributed by atoms with van der Waals surface area (Å²) < 4.78 is 24.9. The van der Waals surface area contributed by atoms with Crippen LogP contribution in [0.25, 0.3) is 0 Å². The molecule has 6 N–H and O–H groups in total. The number of allylic oxidation sites excluding steroid dienone is 6. The number of carbonyl (C=O) groups excluding carboxylic acids is 1. The second kappa shape index (κ2) is 20.9. The normalized spacial score (nSPS) is 25.3. The molecule has 12 heteroatoms. The summed E-state index contributed by atoms with van der Waals surface area (Å²) in [6, 6.07) is 13.7. The number of ether oxygens (including phenoxy) is 2. The van der Waals surface area contributed by atoms with Crippen LogP contribution in [0.15, 0.2) is 127 Å². The molecule has 2 aliphatic heterocycles. The molecule has 2 aliphatic rings. The summed E-state index contributed by atoms with van der Waals surface area (Å²) in [6.07, 6.45) is -1.70. The number of carbonyl (C=O) groups is 2. The van der Waals surface area contributed by atoms with Gasteiger partial charge in [0.15, 0.2) is 12.4 Å². The van der Waals surface area contributed by atoms with Gasteiger partial charge in [-0.15, -0.1) is 6.58 Å². The van der Waals surface area contributed by atoms with E-state index in [2.05, 4.69) is 19.7 Å². The molecule has 0 radical (unpaired) electrons. The fourth-order valence-corrected chi connectivity index (χ4v) is 5.54. The Labute approximate surface area is 304 Å². The minimum Gasteiger partial charge on any atom is -0.512 e. The van der Waals surface area contributed by atoms with E-state index in [1.165, 1.54) is 55.0 Å². The molecule has 7 unspecified atom stereocenters. The van der Waals surface area contributed by atoms with E-state index >= 15 is 0 Å². The van der Waals surface area contributed by atoms with Crippen LogP contribution in [0.1, 0.15) is 52.2 Å². The topological polar surface area (TPSA) is 177 Å². The Kier molecular flexibility index (Phi) is 17.4. The molecule has 0 bridgehead atoms. The fraction of sp³-hybridized carbons (Fsp3) is 0.350. The van der Waals surface area contributed by atoms with E-state index in [9.17, 15) is 39.5 Å². The third-order valence-electron chi connectivity index (χ3n) is 7.92. The van der Waals surface area contributed by atoms with Crippen molar-refractivity contribution < 1.29 is 54.1 Å². The summed E-state index contributed by atoms with van der Waals surface area (Å²) in [5.41, 5.74) is 2.73. The molecular formula is C40H50FNO10. The number of amides is 1. The number of benzene rings is 2. The maximum atomic E-state index is 13.7. The molecule has 52 heavy (non-hydrogen) atoms. The van der Waals surface area contributed by atoms with Crippen LogP contribution >= 0.6 is 0 Å². The van der Waals surface area contributed by atoms with Crippen LogP contribution in [0, 0.1) is 11.7 Å². The number of hydrogen-bond donors (Lipinski definition) is 6. The summed E-state index contributed by atoms with van der Waals surface area (Å²) in [5.74, 6) is -2.62. The quantitative estimate of drug-likeness (QED) is 0.0624. The molecular weight excluding hydrogens is 673 g/mol. The van der Waals surface area contributed by atoms with Gasteiger partial charge in [-0.3, -0.25) is 4.79 Å². The Bertz CT molecular complexity index is 1600. The molecule has 8 atom stereocenters. The van der Waals surface area contributed by atoms with Crippen LogP contribution in [-0.2, 0) is 19.1 Å². The molecule has 1 amide bonds. The number of aliphatic carboxylic acids is 1. The first-order valence-corrected chi connectivity index (χ1v) is 16.6. The van der Waals surface area contributed by atoms with Crippen molar-refractivity contribution in [2.45, 2.75) is 83.4 Å². The third-order valence-corrected chi connectivity index (χ3v) is 7.92. The first-order valence-electron chi connectivity index (χ1n) is 16.6. The molecule has 0 aliphatic carbocycles. The number of aliphatic hydroxyl groups excluding tert-OH is 5. The Morgan fingerprint density at radius 1 is 0.981 bits per heavy atom. The summed E-state index contributed by atoms with van der Waals surface area (Å²) in [5, 5.41) is 59.1. The summed E-state index contributed by atoms with van der Waals surface area (Å²) in [4.78, 5) is 26.5. The number of aliphatic hydroxyl groups is 5. The van der Waals surface area contributed by atoms with Gasteiger partial charge in [0.25, 0.3) is 0 Å². The Hall–Kier alpha value is -4.85. The monoisotopic (exact) mass is 723 g/mol. The lowest BCUT2D eigenvalue weighted by Gasteiger charge is -2.48. The number of halogens is 1. The minimum absolute atomic E-state index is 0.00995. The van der Waals surface area contributed by atoms with Gasteiger partial charge in [0.05, 0.1) is 23.8 Å². The maximum Gasteiger partial charge on any atom is 0.335 e. The van der Waals surface area contributed by atoms with Gasteiger partial charge >= 0.3 is 5.97 Å². The zero-order chi connectivity index (χ0) is 39.1. The van der Waals surface area contributed by atoms with E-state index in [1.54, 1.807) is 41.3 Å². The van der Waals surface area contributed by atoms with Crippen molar-refractivity contribution in [2.75, 3.05) is 4.90 Å². The molecule has 2 aromatic carbocycles. The number of rotatable bonds is 12. The number of nitrogens with zero attached hydrogens (tertiary/aromatic N) is 1. The van der Waals surface area contributed by atoms with Crippen molar-refractivity contribution in [1.82, 2.24) is 0 Å². The molecule has 0 spiro atoms. The molecule has 0 aromatic heterocycles. The van der Waals surface area contributed by atoms with Crippen LogP contribution < -0.4 is 4.90 Å². The van der Waals surface area contributed by atoms with E-state index in [4.69, 9.17) is 14.6 Å². The van der Waals surface area contributed by atoms with Gasteiger partial charge in [-0.2, -0.15) is 0 Å². The van der Waals surface area contributed by atoms with Crippen LogP contribution in [0.3, 0.4) is 0 Å². The van der Waals surface area contributed by atoms with Gasteiger partial charge in [-0.05, 0) is 82.5 Å². The standard InChI is InChI=1S/C29H32FNO9.C7H10O.C4H8/c1-3-19(15(2)32)22-20(27(36)31(22)18-7-5-4-6-8-18)13-14-21(16-9-11-17(30)12-10-16)39-29-25(35)23(33)24(34)26(40-29)28(37)38;1-3-5-7(8)6-4-2;1-4(2)3/h3-12,20-26,29,32-35H,1,13-14H2,2H3,(H,37,38);3-6,8H,1H2,2H3;1H2,2-3H3/b19-15-;6-4-,7-5+;/t20-,21?,22?,23?,24?,25?,26?,29?;;/m1../s1. The van der Waals surface area contributed by atoms with Crippen molar-refractivity contribution >= 4 is 17.6 Å². The predicted octanol–water partition coefficient (Wildman–Crippen LogP) is 6.38. The molecule has 4 rings (SSSR count). The second-order valence-corrected chi connectivity index (χ2v) is 12.4. The SMILES string of the molecule is C=C(C)C.C=C/C(=C(\C)O)C1[C@@H](CCC(OC2OC(C(=O)O)C(O)C(O)C2O)c2ccc(F)cc2)C(=O)N1c1ccccc1.C=C/C=C(O)\C=C/C. The number of anilines is 1. The highest BCUT2D eigenvalue weighted by atomic mass is 19.1. The predicted molar refractivity (Wildman–Crippen MR) is 197 cm³/mol. The van der Waals surface area contributed by atoms with Crippen LogP contribution in [0.5, 0.6) is 0 Å². The van der Waals surface area contributed by atoms with Gasteiger partial charge in [-0.1, -0.05) is 67.3 Å². The zero-order valence-corrected chi connectivity index (χ0v) is 29.9. The molecule has 2 fully saturated rings. The van der Waals surface area contributed by atoms with Gasteiger partial charge in [0, 0.05) is 11.3 Å². The first kappa shape index (κ1) is 43.3. The van der Waals surface area contributed by atoms with Crippen LogP contribution in [0.4, 0.5) is 10.1 Å². The van der Waals surface area contributed by atoms with E-state index in [1.807, 2.05) is 26.8 Å². The summed E-state index contributed by atoms with van der Waals surface area (Å²) in [7, 11) is 0. The number of para-hydroxylation sites is 1. The minimum atomic E-state index is -1.89. The highest BCUT2D eigenvalue weighted by Crippen LogP contribution is 2.42. The van der Waals surface area contributed by atoms with Gasteiger partial charge in [-0.25, -0.2) is 9.18 Å². The summed E-state index contributed by atoms with van der Waals surface area (Å²) >= 11 is 0. The molecule has 2 aromatic rings. The fourth-order valence-electron chi connectivity index (χ4n) is 5.54. The first-order chi connectivity index (χ1) is 24.6. The highest BCUT2D eigenvalue weighted by molar-refractivity contribution is 6.04. The average molecular weight is 724 g/mol. The smallest absolute Gasteiger partial charge is 0.335 e. The van der Waals surface area contributed by atoms with Crippen molar-refractivity contribution in [3.63, 3.8) is 0 Å². The number of carboxylic acids is 1.